The first kappa shape index (κ1) is 19.9. The van der Waals surface area contributed by atoms with Crippen LogP contribution in [0.5, 0.6) is 5.75 Å². The van der Waals surface area contributed by atoms with Gasteiger partial charge in [-0.25, -0.2) is 4.39 Å². The molecule has 1 unspecified atom stereocenters. The van der Waals surface area contributed by atoms with Crippen molar-refractivity contribution in [2.45, 2.75) is 18.7 Å². The van der Waals surface area contributed by atoms with Gasteiger partial charge in [-0.05, 0) is 24.3 Å². The molecule has 30 heavy (non-hydrogen) atoms. The van der Waals surface area contributed by atoms with Crippen molar-refractivity contribution in [1.82, 2.24) is 15.0 Å². The predicted molar refractivity (Wildman–Crippen MR) is 96.1 cm³/mol. The summed E-state index contributed by atoms with van der Waals surface area (Å²) < 4.78 is 61.9. The molecule has 1 saturated heterocycles. The molecule has 1 atom stereocenters. The first-order chi connectivity index (χ1) is 14.3. The lowest BCUT2D eigenvalue weighted by Crippen LogP contribution is -2.31. The number of hydrogen-bond donors (Lipinski definition) is 0. The van der Waals surface area contributed by atoms with Gasteiger partial charge in [0.05, 0.1) is 12.1 Å². The third-order valence-corrected chi connectivity index (χ3v) is 4.60. The molecule has 1 aliphatic heterocycles. The smallest absolute Gasteiger partial charge is 0.471 e. The number of benzene rings is 2. The first-order valence-corrected chi connectivity index (χ1v) is 9.03. The number of aromatic nitrogens is 2. The summed E-state index contributed by atoms with van der Waals surface area (Å²) in [7, 11) is 0. The highest BCUT2D eigenvalue weighted by Crippen LogP contribution is 2.30. The molecule has 1 aliphatic rings. The van der Waals surface area contributed by atoms with Gasteiger partial charge in [-0.15, -0.1) is 0 Å². The van der Waals surface area contributed by atoms with Crippen molar-refractivity contribution in [3.05, 3.63) is 65.8 Å². The van der Waals surface area contributed by atoms with Gasteiger partial charge in [0, 0.05) is 18.5 Å². The van der Waals surface area contributed by atoms with Crippen molar-refractivity contribution in [3.63, 3.8) is 0 Å². The van der Waals surface area contributed by atoms with Crippen molar-refractivity contribution in [2.24, 2.45) is 0 Å². The molecular weight excluding hydrogens is 406 g/mol. The minimum absolute atomic E-state index is 0.00211. The summed E-state index contributed by atoms with van der Waals surface area (Å²) in [5.74, 6) is -2.26. The molecule has 2 heterocycles. The van der Waals surface area contributed by atoms with E-state index < -0.39 is 23.8 Å². The van der Waals surface area contributed by atoms with Gasteiger partial charge >= 0.3 is 12.1 Å². The summed E-state index contributed by atoms with van der Waals surface area (Å²) in [4.78, 5) is 17.4. The Morgan fingerprint density at radius 3 is 2.70 bits per heavy atom. The van der Waals surface area contributed by atoms with Crippen molar-refractivity contribution in [1.29, 1.82) is 0 Å². The van der Waals surface area contributed by atoms with Crippen LogP contribution in [0.1, 0.15) is 22.7 Å². The molecule has 0 bridgehead atoms. The number of hydrogen-bond acceptors (Lipinski definition) is 5. The van der Waals surface area contributed by atoms with Crippen LogP contribution >= 0.6 is 0 Å². The number of carbonyl (C=O) groups excluding carboxylic acids is 1. The van der Waals surface area contributed by atoms with Crippen LogP contribution in [0, 0.1) is 5.82 Å². The summed E-state index contributed by atoms with van der Waals surface area (Å²) in [6.45, 7) is 0.662. The van der Waals surface area contributed by atoms with Crippen LogP contribution in [-0.2, 0) is 6.18 Å². The molecule has 1 aromatic heterocycles. The lowest BCUT2D eigenvalue weighted by atomic mass is 10.2. The van der Waals surface area contributed by atoms with Gasteiger partial charge < -0.3 is 14.2 Å². The standard InChI is InChI=1S/C20H15F4N3O3/c21-16-7-2-1-6-15(16)18(28)27-9-8-14(11-27)29-13-5-3-4-12(10-13)17-25-19(30-26-17)20(22,23)24/h1-7,10,14H,8-9,11H2. The Hall–Kier alpha value is -3.43. The predicted octanol–water partition coefficient (Wildman–Crippen LogP) is 4.19. The van der Waals surface area contributed by atoms with Gasteiger partial charge in [-0.2, -0.15) is 18.2 Å². The molecule has 0 spiro atoms. The van der Waals surface area contributed by atoms with Gasteiger partial charge in [0.25, 0.3) is 5.91 Å². The summed E-state index contributed by atoms with van der Waals surface area (Å²) in [6, 6.07) is 12.0. The minimum atomic E-state index is -4.72. The molecule has 3 aromatic rings. The average Bonchev–Trinajstić information content (AvgIpc) is 3.38. The van der Waals surface area contributed by atoms with E-state index in [1.807, 2.05) is 0 Å². The topological polar surface area (TPSA) is 68.5 Å². The van der Waals surface area contributed by atoms with Gasteiger partial charge in [0.2, 0.25) is 5.82 Å². The van der Waals surface area contributed by atoms with E-state index in [2.05, 4.69) is 14.7 Å². The van der Waals surface area contributed by atoms with Crippen LogP contribution in [0.15, 0.2) is 53.1 Å². The molecule has 0 aliphatic carbocycles. The van der Waals surface area contributed by atoms with Gasteiger partial charge in [-0.1, -0.05) is 29.4 Å². The largest absolute Gasteiger partial charge is 0.488 e. The maximum Gasteiger partial charge on any atom is 0.471 e. The lowest BCUT2D eigenvalue weighted by Gasteiger charge is -2.18. The highest BCUT2D eigenvalue weighted by molar-refractivity contribution is 5.94. The number of halogens is 4. The van der Waals surface area contributed by atoms with Crippen molar-refractivity contribution in [2.75, 3.05) is 13.1 Å². The Morgan fingerprint density at radius 1 is 1.17 bits per heavy atom. The molecule has 4 rings (SSSR count). The molecule has 0 N–H and O–H groups in total. The van der Waals surface area contributed by atoms with E-state index in [0.717, 1.165) is 0 Å². The third-order valence-electron chi connectivity index (χ3n) is 4.60. The minimum Gasteiger partial charge on any atom is -0.488 e. The van der Waals surface area contributed by atoms with E-state index in [4.69, 9.17) is 4.74 Å². The Morgan fingerprint density at radius 2 is 1.97 bits per heavy atom. The van der Waals surface area contributed by atoms with E-state index in [9.17, 15) is 22.4 Å². The maximum atomic E-state index is 13.8. The zero-order valence-electron chi connectivity index (χ0n) is 15.4. The lowest BCUT2D eigenvalue weighted by molar-refractivity contribution is -0.159. The van der Waals surface area contributed by atoms with Crippen LogP contribution in [-0.4, -0.2) is 40.1 Å². The number of alkyl halides is 3. The molecule has 1 fully saturated rings. The molecule has 0 saturated carbocycles. The third kappa shape index (κ3) is 4.12. The number of nitrogens with zero attached hydrogens (tertiary/aromatic N) is 3. The normalized spacial score (nSPS) is 16.7. The highest BCUT2D eigenvalue weighted by atomic mass is 19.4. The van der Waals surface area contributed by atoms with Crippen LogP contribution in [0.4, 0.5) is 17.6 Å². The van der Waals surface area contributed by atoms with Gasteiger partial charge in [-0.3, -0.25) is 4.79 Å². The molecular formula is C20H15F4N3O3. The Labute approximate surface area is 168 Å². The molecule has 0 radical (unpaired) electrons. The summed E-state index contributed by atoms with van der Waals surface area (Å²) in [6.07, 6.45) is -4.53. The fourth-order valence-electron chi connectivity index (χ4n) is 3.17. The Bertz CT molecular complexity index is 1070. The maximum absolute atomic E-state index is 13.8. The van der Waals surface area contributed by atoms with Crippen LogP contribution in [0.2, 0.25) is 0 Å². The summed E-state index contributed by atoms with van der Waals surface area (Å²) in [5.41, 5.74) is 0.293. The van der Waals surface area contributed by atoms with Crippen molar-refractivity contribution >= 4 is 5.91 Å². The quantitative estimate of drug-likeness (QED) is 0.591. The number of carbonyl (C=O) groups is 1. The van der Waals surface area contributed by atoms with E-state index >= 15 is 0 Å². The Kier molecular flexibility index (Phi) is 5.15. The SMILES string of the molecule is O=C(c1ccccc1F)N1CCC(Oc2cccc(-c3noc(C(F)(F)F)n3)c2)C1. The molecule has 6 nitrogen and oxygen atoms in total. The van der Waals surface area contributed by atoms with E-state index in [1.54, 1.807) is 18.2 Å². The zero-order chi connectivity index (χ0) is 21.3. The number of rotatable bonds is 4. The molecule has 10 heteroatoms. The van der Waals surface area contributed by atoms with Crippen molar-refractivity contribution in [3.8, 4) is 17.1 Å². The van der Waals surface area contributed by atoms with E-state index in [-0.39, 0.29) is 24.0 Å². The van der Waals surface area contributed by atoms with Gasteiger partial charge in [0.15, 0.2) is 0 Å². The second-order valence-electron chi connectivity index (χ2n) is 6.71. The second kappa shape index (κ2) is 7.77. The average molecular weight is 421 g/mol. The monoisotopic (exact) mass is 421 g/mol. The number of likely N-dealkylation sites (tertiary alicyclic amines) is 1. The summed E-state index contributed by atoms with van der Waals surface area (Å²) >= 11 is 0. The molecule has 1 amide bonds. The Balaban J connectivity index is 1.43. The summed E-state index contributed by atoms with van der Waals surface area (Å²) in [5, 5.41) is 3.35. The van der Waals surface area contributed by atoms with Crippen LogP contribution in [0.25, 0.3) is 11.4 Å². The number of ether oxygens (including phenoxy) is 1. The second-order valence-corrected chi connectivity index (χ2v) is 6.71. The van der Waals surface area contributed by atoms with Crippen LogP contribution in [0.3, 0.4) is 0 Å². The van der Waals surface area contributed by atoms with E-state index in [1.165, 1.54) is 35.2 Å². The number of amides is 1. The van der Waals surface area contributed by atoms with Crippen molar-refractivity contribution < 1.29 is 31.6 Å². The van der Waals surface area contributed by atoms with Crippen LogP contribution < -0.4 is 4.74 Å². The van der Waals surface area contributed by atoms with Gasteiger partial charge in [0.1, 0.15) is 17.7 Å². The fourth-order valence-corrected chi connectivity index (χ4v) is 3.17. The molecule has 156 valence electrons. The van der Waals surface area contributed by atoms with E-state index in [0.29, 0.717) is 24.3 Å². The zero-order valence-corrected chi connectivity index (χ0v) is 15.4. The molecule has 2 aromatic carbocycles. The fraction of sp³-hybridized carbons (Fsp3) is 0.250. The highest BCUT2D eigenvalue weighted by Gasteiger charge is 2.38. The first-order valence-electron chi connectivity index (χ1n) is 9.03.